The Bertz CT molecular complexity index is 1110. The lowest BCUT2D eigenvalue weighted by atomic mass is 9.99. The Morgan fingerprint density at radius 2 is 1.71 bits per heavy atom. The van der Waals surface area contributed by atoms with Crippen LogP contribution in [0.3, 0.4) is 0 Å². The Morgan fingerprint density at radius 1 is 1.05 bits per heavy atom. The van der Waals surface area contributed by atoms with Crippen LogP contribution in [0, 0.1) is 5.92 Å². The van der Waals surface area contributed by atoms with E-state index in [9.17, 15) is 9.59 Å². The van der Waals surface area contributed by atoms with E-state index < -0.39 is 11.7 Å². The van der Waals surface area contributed by atoms with Gasteiger partial charge < -0.3 is 24.6 Å². The highest BCUT2D eigenvalue weighted by Gasteiger charge is 2.27. The molecule has 1 atom stereocenters. The van der Waals surface area contributed by atoms with Crippen molar-refractivity contribution in [1.82, 2.24) is 10.2 Å². The smallest absolute Gasteiger partial charge is 0.407 e. The van der Waals surface area contributed by atoms with Crippen LogP contribution in [0.4, 0.5) is 10.5 Å². The van der Waals surface area contributed by atoms with Gasteiger partial charge in [-0.15, -0.1) is 0 Å². The van der Waals surface area contributed by atoms with Crippen molar-refractivity contribution < 1.29 is 19.1 Å². The Balaban J connectivity index is 1.49. The number of carbonyl (C=O) groups is 2. The van der Waals surface area contributed by atoms with E-state index in [0.29, 0.717) is 25.6 Å². The van der Waals surface area contributed by atoms with Gasteiger partial charge in [0.15, 0.2) is 0 Å². The first-order valence-corrected chi connectivity index (χ1v) is 14.9. The number of piperidine rings is 1. The summed E-state index contributed by atoms with van der Waals surface area (Å²) in [4.78, 5) is 29.4. The molecule has 1 fully saturated rings. The standard InChI is InChI=1S/C34H49N3O4/c1-26(2)17-23-37(29-12-14-31(15-13-29)40-25-28-10-8-7-9-11-28)30-18-21-36(22-19-30)32(38)24-27(3)16-20-35-33(39)41-34(4,5)6/h7-15,17,27,30H,16,18-25H2,1-6H3,(H,35,39)/t27-/m0/s1. The van der Waals surface area contributed by atoms with Crippen LogP contribution in [0.2, 0.25) is 0 Å². The molecule has 1 N–H and O–H groups in total. The molecule has 0 aromatic heterocycles. The fourth-order valence-electron chi connectivity index (χ4n) is 4.91. The molecule has 3 rings (SSSR count). The predicted octanol–water partition coefficient (Wildman–Crippen LogP) is 6.97. The van der Waals surface area contributed by atoms with Gasteiger partial charge in [-0.2, -0.15) is 0 Å². The summed E-state index contributed by atoms with van der Waals surface area (Å²) in [5, 5.41) is 2.79. The number of nitrogens with zero attached hydrogens (tertiary/aromatic N) is 2. The molecular weight excluding hydrogens is 514 g/mol. The van der Waals surface area contributed by atoms with Crippen molar-refractivity contribution in [3.05, 3.63) is 71.8 Å². The molecule has 0 aliphatic carbocycles. The number of anilines is 1. The summed E-state index contributed by atoms with van der Waals surface area (Å²) < 4.78 is 11.3. The second-order valence-corrected chi connectivity index (χ2v) is 12.3. The molecule has 0 radical (unpaired) electrons. The van der Waals surface area contributed by atoms with E-state index in [0.717, 1.165) is 50.2 Å². The van der Waals surface area contributed by atoms with Crippen LogP contribution in [-0.2, 0) is 16.1 Å². The van der Waals surface area contributed by atoms with Crippen LogP contribution in [0.25, 0.3) is 0 Å². The van der Waals surface area contributed by atoms with Crippen molar-refractivity contribution in [2.75, 3.05) is 31.1 Å². The van der Waals surface area contributed by atoms with Gasteiger partial charge in [-0.1, -0.05) is 48.9 Å². The number of carbonyl (C=O) groups excluding carboxylic acids is 2. The lowest BCUT2D eigenvalue weighted by molar-refractivity contribution is -0.133. The van der Waals surface area contributed by atoms with Gasteiger partial charge in [-0.25, -0.2) is 4.79 Å². The maximum Gasteiger partial charge on any atom is 0.407 e. The van der Waals surface area contributed by atoms with E-state index >= 15 is 0 Å². The summed E-state index contributed by atoms with van der Waals surface area (Å²) in [5.41, 5.74) is 3.10. The minimum absolute atomic E-state index is 0.187. The van der Waals surface area contributed by atoms with Crippen LogP contribution in [-0.4, -0.2) is 54.7 Å². The molecule has 41 heavy (non-hydrogen) atoms. The summed E-state index contributed by atoms with van der Waals surface area (Å²) >= 11 is 0. The molecule has 1 heterocycles. The number of hydrogen-bond acceptors (Lipinski definition) is 5. The minimum Gasteiger partial charge on any atom is -0.489 e. The molecular formula is C34H49N3O4. The first-order chi connectivity index (χ1) is 19.5. The molecule has 0 saturated carbocycles. The number of benzene rings is 2. The maximum atomic E-state index is 13.0. The van der Waals surface area contributed by atoms with Crippen molar-refractivity contribution in [3.8, 4) is 5.75 Å². The van der Waals surface area contributed by atoms with E-state index in [1.807, 2.05) is 56.0 Å². The third-order valence-electron chi connectivity index (χ3n) is 7.20. The number of likely N-dealkylation sites (tertiary alicyclic amines) is 1. The number of alkyl carbamates (subject to hydrolysis) is 1. The van der Waals surface area contributed by atoms with E-state index in [-0.39, 0.29) is 11.8 Å². The van der Waals surface area contributed by atoms with Crippen molar-refractivity contribution in [2.45, 2.75) is 85.5 Å². The van der Waals surface area contributed by atoms with Gasteiger partial charge in [-0.05, 0) is 89.6 Å². The molecule has 2 aromatic carbocycles. The number of amides is 2. The van der Waals surface area contributed by atoms with E-state index in [4.69, 9.17) is 9.47 Å². The average Bonchev–Trinajstić information content (AvgIpc) is 2.92. The number of ether oxygens (including phenoxy) is 2. The lowest BCUT2D eigenvalue weighted by Crippen LogP contribution is -2.47. The van der Waals surface area contributed by atoms with Crippen molar-refractivity contribution in [3.63, 3.8) is 0 Å². The maximum absolute atomic E-state index is 13.0. The number of rotatable bonds is 12. The number of nitrogens with one attached hydrogen (secondary N) is 1. The summed E-state index contributed by atoms with van der Waals surface area (Å²) in [5.74, 6) is 1.24. The molecule has 0 spiro atoms. The predicted molar refractivity (Wildman–Crippen MR) is 166 cm³/mol. The first kappa shape index (κ1) is 32.0. The fraction of sp³-hybridized carbons (Fsp3) is 0.529. The van der Waals surface area contributed by atoms with Gasteiger partial charge in [0.1, 0.15) is 18.0 Å². The molecule has 1 aliphatic heterocycles. The lowest BCUT2D eigenvalue weighted by Gasteiger charge is -2.40. The highest BCUT2D eigenvalue weighted by atomic mass is 16.6. The monoisotopic (exact) mass is 563 g/mol. The third kappa shape index (κ3) is 11.5. The second-order valence-electron chi connectivity index (χ2n) is 12.3. The van der Waals surface area contributed by atoms with Gasteiger partial charge in [0, 0.05) is 44.3 Å². The summed E-state index contributed by atoms with van der Waals surface area (Å²) in [6.07, 6.45) is 4.96. The number of allylic oxidation sites excluding steroid dienone is 1. The SMILES string of the molecule is CC(C)=CCN(c1ccc(OCc2ccccc2)cc1)C1CCN(C(=O)C[C@@H](C)CCNC(=O)OC(C)(C)C)CC1. The van der Waals surface area contributed by atoms with Crippen LogP contribution in [0.5, 0.6) is 5.75 Å². The van der Waals surface area contributed by atoms with Crippen molar-refractivity contribution in [2.24, 2.45) is 5.92 Å². The van der Waals surface area contributed by atoms with Gasteiger partial charge >= 0.3 is 6.09 Å². The summed E-state index contributed by atoms with van der Waals surface area (Å²) in [6.45, 7) is 15.3. The van der Waals surface area contributed by atoms with Crippen molar-refractivity contribution in [1.29, 1.82) is 0 Å². The second kappa shape index (κ2) is 15.5. The van der Waals surface area contributed by atoms with Gasteiger partial charge in [0.05, 0.1) is 0 Å². The van der Waals surface area contributed by atoms with E-state index in [1.54, 1.807) is 0 Å². The van der Waals surface area contributed by atoms with E-state index in [2.05, 4.69) is 61.3 Å². The summed E-state index contributed by atoms with van der Waals surface area (Å²) in [7, 11) is 0. The van der Waals surface area contributed by atoms with Crippen LogP contribution >= 0.6 is 0 Å². The molecule has 2 aromatic rings. The van der Waals surface area contributed by atoms with Gasteiger partial charge in [-0.3, -0.25) is 4.79 Å². The fourth-order valence-corrected chi connectivity index (χ4v) is 4.91. The molecule has 1 saturated heterocycles. The highest BCUT2D eigenvalue weighted by Crippen LogP contribution is 2.27. The zero-order chi connectivity index (χ0) is 29.8. The molecule has 1 aliphatic rings. The van der Waals surface area contributed by atoms with Gasteiger partial charge in [0.2, 0.25) is 5.91 Å². The van der Waals surface area contributed by atoms with Crippen LogP contribution in [0.1, 0.15) is 72.8 Å². The Labute approximate surface area is 246 Å². The van der Waals surface area contributed by atoms with Crippen molar-refractivity contribution >= 4 is 17.7 Å². The summed E-state index contributed by atoms with van der Waals surface area (Å²) in [6, 6.07) is 18.9. The third-order valence-corrected chi connectivity index (χ3v) is 7.20. The normalized spacial score (nSPS) is 14.6. The first-order valence-electron chi connectivity index (χ1n) is 14.9. The molecule has 7 nitrogen and oxygen atoms in total. The quantitative estimate of drug-likeness (QED) is 0.282. The Morgan fingerprint density at radius 3 is 2.32 bits per heavy atom. The number of hydrogen-bond donors (Lipinski definition) is 1. The minimum atomic E-state index is -0.514. The van der Waals surface area contributed by atoms with Crippen LogP contribution in [0.15, 0.2) is 66.2 Å². The van der Waals surface area contributed by atoms with Gasteiger partial charge in [0.25, 0.3) is 0 Å². The molecule has 7 heteroatoms. The molecule has 2 amide bonds. The molecule has 0 bridgehead atoms. The largest absolute Gasteiger partial charge is 0.489 e. The Kier molecular flexibility index (Phi) is 12.1. The zero-order valence-corrected chi connectivity index (χ0v) is 25.8. The highest BCUT2D eigenvalue weighted by molar-refractivity contribution is 5.76. The zero-order valence-electron chi connectivity index (χ0n) is 25.8. The molecule has 0 unspecified atom stereocenters. The van der Waals surface area contributed by atoms with E-state index in [1.165, 1.54) is 11.3 Å². The average molecular weight is 564 g/mol. The van der Waals surface area contributed by atoms with Crippen LogP contribution < -0.4 is 15.0 Å². The topological polar surface area (TPSA) is 71.1 Å². The Hall–Kier alpha value is -3.48. The molecule has 224 valence electrons.